The second-order valence-corrected chi connectivity index (χ2v) is 25.1. The second kappa shape index (κ2) is 22.6. The predicted octanol–water partition coefficient (Wildman–Crippen LogP) is 9.00. The van der Waals surface area contributed by atoms with Gasteiger partial charge in [-0.2, -0.15) is 0 Å². The Labute approximate surface area is 461 Å². The highest BCUT2D eigenvalue weighted by Gasteiger charge is 2.60. The highest BCUT2D eigenvalue weighted by Crippen LogP contribution is 2.63. The SMILES string of the molecule is CCNCC1C(C2CCC3(C#CC(CC(O)C(O)C(CCC(C)C)C(C4=C(CC)CNC(N)=C4)c4ccc5ccccc5c4)c4cc(O)c(OC)cc4CCC3=O)C(O)C2)CC2CNC3CC(=O)CC4c5cc[nH]c5C1C2C34. The number of allylic oxidation sites excluding steroid dienone is 2. The standard InChI is InChI=1S/C66H85N5O7/c1-6-37-33-71-59(67)32-50(37)60(43-14-13-38-10-8-9-11-39(38)24-43)47(16-12-36(3)4)65(77)55(74)26-41-18-21-66(57(75)17-15-40-27-56(78-5)54(73)31-48(40)41)22-19-42(28-58(66)76)49-25-44-34-70-53-30-45(72)29-51-46-20-23-69-64(46)63(61(44)62(51)53)52(49)35-68-7-2/h8-11,13-14,20,23-24,27,31-32,36,41-42,44,47,49,51-53,55,58,60-63,65,68-71,73-74,76-77H,6-7,12,15-17,19,22,25-26,28-30,33-35,67H2,1-5H3. The first kappa shape index (κ1) is 54.5. The minimum absolute atomic E-state index is 0.0293. The molecule has 416 valence electrons. The number of aromatic nitrogens is 1. The molecule has 78 heavy (non-hydrogen) atoms. The quantitative estimate of drug-likeness (QED) is 0.0485. The minimum atomic E-state index is -1.33. The van der Waals surface area contributed by atoms with Gasteiger partial charge in [-0.1, -0.05) is 88.4 Å². The van der Waals surface area contributed by atoms with E-state index in [9.17, 15) is 25.2 Å². The van der Waals surface area contributed by atoms with E-state index in [1.807, 2.05) is 18.2 Å². The number of ether oxygens (including phenoxy) is 1. The Morgan fingerprint density at radius 3 is 2.54 bits per heavy atom. The Bertz CT molecular complexity index is 3000. The van der Waals surface area contributed by atoms with Crippen molar-refractivity contribution in [3.63, 3.8) is 0 Å². The highest BCUT2D eigenvalue weighted by molar-refractivity contribution is 5.89. The number of dihydropyridines is 1. The van der Waals surface area contributed by atoms with E-state index in [-0.39, 0.29) is 53.9 Å². The van der Waals surface area contributed by atoms with Crippen molar-refractivity contribution in [1.29, 1.82) is 0 Å². The maximum atomic E-state index is 15.1. The molecular formula is C66H85N5O7. The number of aromatic hydroxyl groups is 1. The second-order valence-electron chi connectivity index (χ2n) is 25.1. The maximum absolute atomic E-state index is 15.1. The minimum Gasteiger partial charge on any atom is -0.504 e. The summed E-state index contributed by atoms with van der Waals surface area (Å²) in [5.74, 6) is 9.62. The molecule has 0 bridgehead atoms. The molecule has 0 amide bonds. The number of hydrogen-bond donors (Lipinski definition) is 9. The van der Waals surface area contributed by atoms with E-state index in [0.29, 0.717) is 104 Å². The molecule has 3 aromatic carbocycles. The van der Waals surface area contributed by atoms with Crippen LogP contribution in [0.4, 0.5) is 0 Å². The number of H-pyrrole nitrogens is 1. The molecule has 5 aliphatic carbocycles. The van der Waals surface area contributed by atoms with Crippen LogP contribution in [-0.2, 0) is 16.0 Å². The van der Waals surface area contributed by atoms with Gasteiger partial charge in [-0.15, -0.1) is 0 Å². The van der Waals surface area contributed by atoms with Gasteiger partial charge < -0.3 is 51.8 Å². The molecule has 3 saturated carbocycles. The van der Waals surface area contributed by atoms with Crippen molar-refractivity contribution in [1.82, 2.24) is 20.9 Å². The van der Waals surface area contributed by atoms with E-state index in [4.69, 9.17) is 10.5 Å². The van der Waals surface area contributed by atoms with E-state index in [1.54, 1.807) is 12.1 Å². The zero-order valence-electron chi connectivity index (χ0n) is 46.6. The predicted molar refractivity (Wildman–Crippen MR) is 306 cm³/mol. The van der Waals surface area contributed by atoms with Crippen LogP contribution in [0.1, 0.15) is 150 Å². The molecule has 10 N–H and O–H groups in total. The summed E-state index contributed by atoms with van der Waals surface area (Å²) >= 11 is 0. The lowest BCUT2D eigenvalue weighted by atomic mass is 9.46. The zero-order valence-corrected chi connectivity index (χ0v) is 46.6. The number of nitrogens with two attached hydrogens (primary N) is 1. The third kappa shape index (κ3) is 10.0. The first-order chi connectivity index (χ1) is 37.7. The summed E-state index contributed by atoms with van der Waals surface area (Å²) in [5, 5.41) is 63.2. The molecule has 7 aliphatic rings. The summed E-state index contributed by atoms with van der Waals surface area (Å²) < 4.78 is 5.63. The molecule has 2 aliphatic heterocycles. The number of methoxy groups -OCH3 is 1. The number of aromatic amines is 1. The van der Waals surface area contributed by atoms with Crippen LogP contribution in [0.5, 0.6) is 11.5 Å². The fraction of sp³-hybridized carbons (Fsp3) is 0.576. The summed E-state index contributed by atoms with van der Waals surface area (Å²) in [4.78, 5) is 32.0. The number of benzene rings is 3. The third-order valence-corrected chi connectivity index (χ3v) is 20.6. The smallest absolute Gasteiger partial charge is 0.160 e. The van der Waals surface area contributed by atoms with Crippen LogP contribution < -0.4 is 26.4 Å². The molecular weight excluding hydrogens is 975 g/mol. The van der Waals surface area contributed by atoms with Crippen LogP contribution >= 0.6 is 0 Å². The number of hydrogen-bond acceptors (Lipinski definition) is 11. The van der Waals surface area contributed by atoms with Crippen LogP contribution in [0.25, 0.3) is 10.8 Å². The number of aliphatic hydroxyl groups excluding tert-OH is 3. The van der Waals surface area contributed by atoms with Gasteiger partial charge in [0.05, 0.1) is 31.2 Å². The van der Waals surface area contributed by atoms with Crippen molar-refractivity contribution >= 4 is 22.3 Å². The fourth-order valence-corrected chi connectivity index (χ4v) is 16.8. The molecule has 12 heteroatoms. The van der Waals surface area contributed by atoms with Gasteiger partial charge in [0.1, 0.15) is 11.2 Å². The summed E-state index contributed by atoms with van der Waals surface area (Å²) in [6, 6.07) is 20.7. The molecule has 16 unspecified atom stereocenters. The van der Waals surface area contributed by atoms with Gasteiger partial charge in [0.15, 0.2) is 17.3 Å². The van der Waals surface area contributed by atoms with Crippen LogP contribution in [-0.4, -0.2) is 94.6 Å². The number of phenolic OH excluding ortho intramolecular Hbond substituents is 1. The van der Waals surface area contributed by atoms with Gasteiger partial charge in [0.25, 0.3) is 0 Å². The normalized spacial score (nSPS) is 32.0. The van der Waals surface area contributed by atoms with Crippen molar-refractivity contribution in [3.8, 4) is 23.3 Å². The number of carbonyl (C=O) groups is 2. The Hall–Kier alpha value is -5.42. The maximum Gasteiger partial charge on any atom is 0.160 e. The summed E-state index contributed by atoms with van der Waals surface area (Å²) in [6.07, 6.45) is 7.25. The molecule has 4 fully saturated rings. The molecule has 0 radical (unpaired) electrons. The van der Waals surface area contributed by atoms with Gasteiger partial charge in [0.2, 0.25) is 0 Å². The molecule has 4 aromatic rings. The summed E-state index contributed by atoms with van der Waals surface area (Å²) in [6.45, 7) is 11.9. The Morgan fingerprint density at radius 1 is 0.949 bits per heavy atom. The van der Waals surface area contributed by atoms with E-state index in [1.165, 1.54) is 23.9 Å². The number of phenols is 1. The van der Waals surface area contributed by atoms with Crippen molar-refractivity contribution in [3.05, 3.63) is 118 Å². The number of carbonyl (C=O) groups excluding carboxylic acids is 2. The highest BCUT2D eigenvalue weighted by atomic mass is 16.5. The number of ketones is 2. The first-order valence-corrected chi connectivity index (χ1v) is 29.8. The number of aliphatic hydroxyl groups is 3. The Kier molecular flexibility index (Phi) is 15.8. The lowest BCUT2D eigenvalue weighted by Gasteiger charge is -2.61. The summed E-state index contributed by atoms with van der Waals surface area (Å²) in [5.41, 5.74) is 12.6. The topological polar surface area (TPSA) is 202 Å². The summed E-state index contributed by atoms with van der Waals surface area (Å²) in [7, 11) is 1.51. The van der Waals surface area contributed by atoms with Crippen LogP contribution in [0, 0.1) is 64.6 Å². The first-order valence-electron chi connectivity index (χ1n) is 29.8. The molecule has 16 atom stereocenters. The van der Waals surface area contributed by atoms with Crippen LogP contribution in [0.3, 0.4) is 0 Å². The van der Waals surface area contributed by atoms with E-state index in [0.717, 1.165) is 72.8 Å². The van der Waals surface area contributed by atoms with E-state index >= 15 is 4.79 Å². The molecule has 3 heterocycles. The lowest BCUT2D eigenvalue weighted by Crippen LogP contribution is -2.63. The van der Waals surface area contributed by atoms with Gasteiger partial charge >= 0.3 is 0 Å². The molecule has 1 aromatic heterocycles. The van der Waals surface area contributed by atoms with E-state index in [2.05, 4.69) is 103 Å². The van der Waals surface area contributed by atoms with Crippen molar-refractivity contribution < 1.29 is 34.8 Å². The molecule has 1 saturated heterocycles. The number of Topliss-reactive ketones (excluding diaryl/α,β-unsaturated/α-hetero) is 2. The third-order valence-electron chi connectivity index (χ3n) is 20.6. The molecule has 12 nitrogen and oxygen atoms in total. The van der Waals surface area contributed by atoms with Gasteiger partial charge in [-0.25, -0.2) is 0 Å². The monoisotopic (exact) mass is 1060 g/mol. The largest absolute Gasteiger partial charge is 0.504 e. The molecule has 1 spiro atoms. The van der Waals surface area contributed by atoms with Gasteiger partial charge in [0, 0.05) is 61.5 Å². The zero-order chi connectivity index (χ0) is 54.6. The average Bonchev–Trinajstić information content (AvgIpc) is 3.91. The Balaban J connectivity index is 0.927. The Morgan fingerprint density at radius 2 is 1.77 bits per heavy atom. The number of rotatable bonds is 16. The van der Waals surface area contributed by atoms with E-state index < -0.39 is 35.6 Å². The van der Waals surface area contributed by atoms with Gasteiger partial charge in [-0.05, 0) is 193 Å². The van der Waals surface area contributed by atoms with Crippen molar-refractivity contribution in [2.45, 2.75) is 153 Å². The lowest BCUT2D eigenvalue weighted by molar-refractivity contribution is -0.137. The number of nitrogens with one attached hydrogen (secondary N) is 4. The average molecular weight is 1060 g/mol. The fourth-order valence-electron chi connectivity index (χ4n) is 16.8. The molecule has 11 rings (SSSR count). The van der Waals surface area contributed by atoms with Crippen molar-refractivity contribution in [2.24, 2.45) is 58.5 Å². The van der Waals surface area contributed by atoms with Crippen molar-refractivity contribution in [2.75, 3.05) is 33.3 Å². The van der Waals surface area contributed by atoms with Crippen LogP contribution in [0.15, 0.2) is 89.9 Å². The number of aryl methyl sites for hydroxylation is 1. The number of piperidine rings is 1. The van der Waals surface area contributed by atoms with Crippen LogP contribution in [0.2, 0.25) is 0 Å². The number of fused-ring (bicyclic) bond motifs is 5. The van der Waals surface area contributed by atoms with Gasteiger partial charge in [-0.3, -0.25) is 9.59 Å².